The Labute approximate surface area is 131 Å². The number of ether oxygens (including phenoxy) is 1. The summed E-state index contributed by atoms with van der Waals surface area (Å²) in [7, 11) is 1.60. The lowest BCUT2D eigenvalue weighted by Gasteiger charge is -2.12. The summed E-state index contributed by atoms with van der Waals surface area (Å²) >= 11 is 12.0. The van der Waals surface area contributed by atoms with Gasteiger partial charge >= 0.3 is 0 Å². The van der Waals surface area contributed by atoms with E-state index in [-0.39, 0.29) is 5.28 Å². The molecule has 0 saturated heterocycles. The van der Waals surface area contributed by atoms with Crippen LogP contribution in [0.4, 0.5) is 11.5 Å². The number of rotatable bonds is 3. The molecule has 3 rings (SSSR count). The molecule has 4 nitrogen and oxygen atoms in total. The molecule has 0 spiro atoms. The molecule has 2 aromatic carbocycles. The minimum Gasteiger partial charge on any atom is -0.495 e. The molecule has 0 bridgehead atoms. The van der Waals surface area contributed by atoms with E-state index in [1.54, 1.807) is 25.3 Å². The second kappa shape index (κ2) is 5.76. The highest BCUT2D eigenvalue weighted by Gasteiger charge is 2.10. The van der Waals surface area contributed by atoms with Crippen LogP contribution in [0.25, 0.3) is 10.9 Å². The predicted octanol–water partition coefficient (Wildman–Crippen LogP) is 4.69. The van der Waals surface area contributed by atoms with Crippen molar-refractivity contribution in [1.82, 2.24) is 9.97 Å². The molecule has 6 heteroatoms. The van der Waals surface area contributed by atoms with Gasteiger partial charge in [-0.2, -0.15) is 4.98 Å². The van der Waals surface area contributed by atoms with E-state index in [0.29, 0.717) is 22.3 Å². The van der Waals surface area contributed by atoms with Crippen molar-refractivity contribution < 1.29 is 4.74 Å². The van der Waals surface area contributed by atoms with Gasteiger partial charge < -0.3 is 10.1 Å². The van der Waals surface area contributed by atoms with E-state index in [0.717, 1.165) is 10.9 Å². The van der Waals surface area contributed by atoms with Gasteiger partial charge in [0.1, 0.15) is 11.6 Å². The van der Waals surface area contributed by atoms with Crippen LogP contribution in [0, 0.1) is 0 Å². The highest BCUT2D eigenvalue weighted by Crippen LogP contribution is 2.32. The average molecular weight is 320 g/mol. The minimum atomic E-state index is 0.178. The third-order valence-electron chi connectivity index (χ3n) is 2.99. The Balaban J connectivity index is 2.12. The maximum Gasteiger partial charge on any atom is 0.224 e. The van der Waals surface area contributed by atoms with Crippen LogP contribution >= 0.6 is 23.2 Å². The van der Waals surface area contributed by atoms with Gasteiger partial charge in [-0.1, -0.05) is 23.7 Å². The summed E-state index contributed by atoms with van der Waals surface area (Å²) in [5, 5.41) is 4.85. The zero-order chi connectivity index (χ0) is 14.8. The van der Waals surface area contributed by atoms with Gasteiger partial charge in [0.25, 0.3) is 0 Å². The summed E-state index contributed by atoms with van der Waals surface area (Å²) in [6.07, 6.45) is 0. The molecule has 106 valence electrons. The van der Waals surface area contributed by atoms with Crippen molar-refractivity contribution in [3.8, 4) is 5.75 Å². The molecule has 1 heterocycles. The molecule has 21 heavy (non-hydrogen) atoms. The van der Waals surface area contributed by atoms with E-state index in [9.17, 15) is 0 Å². The molecular formula is C15H11Cl2N3O. The Bertz CT molecular complexity index is 808. The Morgan fingerprint density at radius 2 is 1.86 bits per heavy atom. The van der Waals surface area contributed by atoms with E-state index < -0.39 is 0 Å². The number of aromatic nitrogens is 2. The summed E-state index contributed by atoms with van der Waals surface area (Å²) in [4.78, 5) is 8.44. The lowest BCUT2D eigenvalue weighted by molar-refractivity contribution is 0.417. The third kappa shape index (κ3) is 2.86. The molecule has 0 aliphatic heterocycles. The van der Waals surface area contributed by atoms with Crippen molar-refractivity contribution in [2.24, 2.45) is 0 Å². The van der Waals surface area contributed by atoms with Gasteiger partial charge in [-0.3, -0.25) is 0 Å². The number of fused-ring (bicyclic) bond motifs is 1. The zero-order valence-electron chi connectivity index (χ0n) is 11.1. The molecule has 0 atom stereocenters. The first-order valence-electron chi connectivity index (χ1n) is 6.20. The first-order chi connectivity index (χ1) is 10.2. The van der Waals surface area contributed by atoms with Crippen LogP contribution in [-0.4, -0.2) is 17.1 Å². The lowest BCUT2D eigenvalue weighted by atomic mass is 10.2. The quantitative estimate of drug-likeness (QED) is 0.711. The summed E-state index contributed by atoms with van der Waals surface area (Å²) < 4.78 is 5.32. The lowest BCUT2D eigenvalue weighted by Crippen LogP contribution is -1.99. The number of methoxy groups -OCH3 is 1. The Hall–Kier alpha value is -2.04. The van der Waals surface area contributed by atoms with E-state index >= 15 is 0 Å². The van der Waals surface area contributed by atoms with Crippen LogP contribution in [0.15, 0.2) is 42.5 Å². The largest absolute Gasteiger partial charge is 0.495 e. The van der Waals surface area contributed by atoms with E-state index in [1.165, 1.54) is 0 Å². The standard InChI is InChI=1S/C15H11Cl2N3O/c1-21-13-7-6-9(16)8-12(13)18-14-10-4-2-3-5-11(10)19-15(17)20-14/h2-8H,1H3,(H,18,19,20). The van der Waals surface area contributed by atoms with Crippen molar-refractivity contribution >= 4 is 45.6 Å². The van der Waals surface area contributed by atoms with Crippen molar-refractivity contribution in [2.75, 3.05) is 12.4 Å². The van der Waals surface area contributed by atoms with Crippen LogP contribution in [0.3, 0.4) is 0 Å². The number of hydrogen-bond acceptors (Lipinski definition) is 4. The number of anilines is 2. The average Bonchev–Trinajstić information content (AvgIpc) is 2.47. The van der Waals surface area contributed by atoms with Gasteiger partial charge in [0.2, 0.25) is 5.28 Å². The number of benzene rings is 2. The fraction of sp³-hybridized carbons (Fsp3) is 0.0667. The molecule has 0 aliphatic carbocycles. The molecule has 0 aliphatic rings. The topological polar surface area (TPSA) is 47.0 Å². The molecular weight excluding hydrogens is 309 g/mol. The smallest absolute Gasteiger partial charge is 0.224 e. The molecule has 0 unspecified atom stereocenters. The van der Waals surface area contributed by atoms with Crippen molar-refractivity contribution in [3.05, 3.63) is 52.8 Å². The second-order valence-corrected chi connectivity index (χ2v) is 5.10. The van der Waals surface area contributed by atoms with Crippen LogP contribution in [0.2, 0.25) is 10.3 Å². The molecule has 3 aromatic rings. The number of para-hydroxylation sites is 1. The summed E-state index contributed by atoms with van der Waals surface area (Å²) in [5.74, 6) is 1.27. The summed E-state index contributed by atoms with van der Waals surface area (Å²) in [6.45, 7) is 0. The number of halogens is 2. The number of nitrogens with zero attached hydrogens (tertiary/aromatic N) is 2. The van der Waals surface area contributed by atoms with Gasteiger partial charge in [-0.05, 0) is 41.9 Å². The monoisotopic (exact) mass is 319 g/mol. The molecule has 0 saturated carbocycles. The van der Waals surface area contributed by atoms with Crippen molar-refractivity contribution in [3.63, 3.8) is 0 Å². The number of hydrogen-bond donors (Lipinski definition) is 1. The van der Waals surface area contributed by atoms with E-state index in [2.05, 4.69) is 15.3 Å². The second-order valence-electron chi connectivity index (χ2n) is 4.33. The summed E-state index contributed by atoms with van der Waals surface area (Å²) in [6, 6.07) is 12.9. The van der Waals surface area contributed by atoms with E-state index in [4.69, 9.17) is 27.9 Å². The molecule has 0 fully saturated rings. The van der Waals surface area contributed by atoms with Gasteiger partial charge in [-0.25, -0.2) is 4.98 Å². The van der Waals surface area contributed by atoms with Crippen LogP contribution in [0.5, 0.6) is 5.75 Å². The van der Waals surface area contributed by atoms with E-state index in [1.807, 2.05) is 24.3 Å². The maximum absolute atomic E-state index is 6.04. The van der Waals surface area contributed by atoms with Gasteiger partial charge in [-0.15, -0.1) is 0 Å². The predicted molar refractivity (Wildman–Crippen MR) is 85.8 cm³/mol. The Kier molecular flexibility index (Phi) is 3.82. The normalized spacial score (nSPS) is 10.6. The molecule has 0 radical (unpaired) electrons. The number of nitrogens with one attached hydrogen (secondary N) is 1. The third-order valence-corrected chi connectivity index (χ3v) is 3.39. The minimum absolute atomic E-state index is 0.178. The van der Waals surface area contributed by atoms with Crippen molar-refractivity contribution in [2.45, 2.75) is 0 Å². The van der Waals surface area contributed by atoms with Gasteiger partial charge in [0, 0.05) is 10.4 Å². The summed E-state index contributed by atoms with van der Waals surface area (Å²) in [5.41, 5.74) is 1.48. The van der Waals surface area contributed by atoms with Crippen LogP contribution < -0.4 is 10.1 Å². The molecule has 0 amide bonds. The first-order valence-corrected chi connectivity index (χ1v) is 6.96. The van der Waals surface area contributed by atoms with Crippen LogP contribution in [0.1, 0.15) is 0 Å². The first kappa shape index (κ1) is 13.9. The van der Waals surface area contributed by atoms with Crippen molar-refractivity contribution in [1.29, 1.82) is 0 Å². The Morgan fingerprint density at radius 1 is 1.05 bits per heavy atom. The van der Waals surface area contributed by atoms with Gasteiger partial charge in [0.15, 0.2) is 0 Å². The highest BCUT2D eigenvalue weighted by molar-refractivity contribution is 6.31. The molecule has 1 aromatic heterocycles. The molecule has 1 N–H and O–H groups in total. The Morgan fingerprint density at radius 3 is 2.67 bits per heavy atom. The maximum atomic E-state index is 6.04. The fourth-order valence-corrected chi connectivity index (χ4v) is 2.40. The zero-order valence-corrected chi connectivity index (χ0v) is 12.6. The van der Waals surface area contributed by atoms with Crippen LogP contribution in [-0.2, 0) is 0 Å². The highest BCUT2D eigenvalue weighted by atomic mass is 35.5. The SMILES string of the molecule is COc1ccc(Cl)cc1Nc1nc(Cl)nc2ccccc12. The van der Waals surface area contributed by atoms with Gasteiger partial charge in [0.05, 0.1) is 18.3 Å². The fourth-order valence-electron chi connectivity index (χ4n) is 2.05.